The number of hydrogen-bond acceptors (Lipinski definition) is 6. The fourth-order valence-corrected chi connectivity index (χ4v) is 5.60. The Hall–Kier alpha value is -1.07. The van der Waals surface area contributed by atoms with Gasteiger partial charge in [0.2, 0.25) is 7.37 Å². The molecule has 1 N–H and O–H groups in total. The summed E-state index contributed by atoms with van der Waals surface area (Å²) in [6.45, 7) is 9.01. The Labute approximate surface area is 188 Å². The molecule has 0 aromatic carbocycles. The normalized spacial score (nSPS) is 18.8. The molecule has 0 bridgehead atoms. The van der Waals surface area contributed by atoms with E-state index >= 15 is 0 Å². The lowest BCUT2D eigenvalue weighted by Crippen LogP contribution is -2.39. The average molecular weight is 462 g/mol. The Morgan fingerprint density at radius 3 is 2.32 bits per heavy atom. The van der Waals surface area contributed by atoms with Gasteiger partial charge in [0.25, 0.3) is 0 Å². The maximum Gasteiger partial charge on any atom is 0.408 e. The van der Waals surface area contributed by atoms with Crippen LogP contribution in [0.1, 0.15) is 91.9 Å². The van der Waals surface area contributed by atoms with Crippen molar-refractivity contribution in [3.63, 3.8) is 0 Å². The highest BCUT2D eigenvalue weighted by atomic mass is 31.2. The summed E-state index contributed by atoms with van der Waals surface area (Å²) in [5.74, 6) is -0.782. The van der Waals surface area contributed by atoms with Gasteiger partial charge in [-0.2, -0.15) is 0 Å². The zero-order valence-electron chi connectivity index (χ0n) is 20.4. The van der Waals surface area contributed by atoms with Crippen LogP contribution in [0.4, 0.5) is 4.79 Å². The molecule has 1 saturated carbocycles. The minimum absolute atomic E-state index is 0.0352. The van der Waals surface area contributed by atoms with Gasteiger partial charge >= 0.3 is 12.1 Å². The summed E-state index contributed by atoms with van der Waals surface area (Å²) in [5, 5.41) is 2.75. The Morgan fingerprint density at radius 2 is 1.77 bits per heavy atom. The number of carbonyl (C=O) groups excluding carboxylic acids is 2. The van der Waals surface area contributed by atoms with Gasteiger partial charge in [-0.25, -0.2) is 4.79 Å². The largest absolute Gasteiger partial charge is 0.469 e. The SMILES string of the molecule is CCCCCC(NC(=O)OC(C)(C)C)P(C)(=O)OCC(CCC1CCCC1)C(=O)OC. The highest BCUT2D eigenvalue weighted by molar-refractivity contribution is 7.58. The van der Waals surface area contributed by atoms with Gasteiger partial charge in [-0.15, -0.1) is 0 Å². The molecule has 0 aromatic heterocycles. The van der Waals surface area contributed by atoms with E-state index in [-0.39, 0.29) is 12.6 Å². The molecule has 0 heterocycles. The first-order chi connectivity index (χ1) is 14.5. The predicted octanol–water partition coefficient (Wildman–Crippen LogP) is 6.10. The molecule has 7 nitrogen and oxygen atoms in total. The number of alkyl carbamates (subject to hydrolysis) is 1. The van der Waals surface area contributed by atoms with Crippen LogP contribution in [0.15, 0.2) is 0 Å². The van der Waals surface area contributed by atoms with Gasteiger partial charge in [-0.1, -0.05) is 51.9 Å². The Kier molecular flexibility index (Phi) is 12.2. The van der Waals surface area contributed by atoms with Gasteiger partial charge in [0.05, 0.1) is 19.6 Å². The molecule has 0 radical (unpaired) electrons. The van der Waals surface area contributed by atoms with Gasteiger partial charge in [0.1, 0.15) is 11.4 Å². The molecule has 31 heavy (non-hydrogen) atoms. The minimum Gasteiger partial charge on any atom is -0.469 e. The lowest BCUT2D eigenvalue weighted by atomic mass is 9.95. The zero-order valence-corrected chi connectivity index (χ0v) is 21.3. The van der Waals surface area contributed by atoms with Crippen molar-refractivity contribution in [2.45, 2.75) is 103 Å². The van der Waals surface area contributed by atoms with E-state index in [1.54, 1.807) is 20.8 Å². The Morgan fingerprint density at radius 1 is 1.13 bits per heavy atom. The van der Waals surface area contributed by atoms with Crippen molar-refractivity contribution in [1.82, 2.24) is 5.32 Å². The molecule has 1 rings (SSSR count). The molecule has 3 atom stereocenters. The molecule has 1 aliphatic rings. The number of unbranched alkanes of at least 4 members (excludes halogenated alkanes) is 2. The van der Waals surface area contributed by atoms with E-state index in [4.69, 9.17) is 14.0 Å². The topological polar surface area (TPSA) is 90.9 Å². The average Bonchev–Trinajstić information content (AvgIpc) is 3.19. The molecule has 0 aromatic rings. The fourth-order valence-electron chi connectivity index (χ4n) is 3.95. The molecule has 1 aliphatic carbocycles. The second kappa shape index (κ2) is 13.5. The third-order valence-corrected chi connectivity index (χ3v) is 7.98. The van der Waals surface area contributed by atoms with Gasteiger partial charge in [-0.3, -0.25) is 9.36 Å². The molecule has 1 fully saturated rings. The van der Waals surface area contributed by atoms with Crippen LogP contribution in [0, 0.1) is 11.8 Å². The predicted molar refractivity (Wildman–Crippen MR) is 123 cm³/mol. The minimum atomic E-state index is -3.23. The number of rotatable bonds is 13. The van der Waals surface area contributed by atoms with Gasteiger partial charge in [0.15, 0.2) is 0 Å². The van der Waals surface area contributed by atoms with E-state index < -0.39 is 30.8 Å². The molecule has 182 valence electrons. The number of methoxy groups -OCH3 is 1. The van der Waals surface area contributed by atoms with Gasteiger partial charge in [0, 0.05) is 6.66 Å². The van der Waals surface area contributed by atoms with Crippen LogP contribution in [0.2, 0.25) is 0 Å². The number of hydrogen-bond donors (Lipinski definition) is 1. The van der Waals surface area contributed by atoms with Crippen LogP contribution in [-0.2, 0) is 23.4 Å². The standard InChI is InChI=1S/C23H44NO6P/c1-7-8-9-14-20(24-22(26)30-23(2,3)4)31(6,27)29-17-19(21(25)28-5)16-15-18-12-10-11-13-18/h18-20H,7-17H2,1-6H3,(H,24,26). The molecular formula is C23H44NO6P. The Balaban J connectivity index is 2.76. The van der Waals surface area contributed by atoms with Crippen LogP contribution in [0.5, 0.6) is 0 Å². The van der Waals surface area contributed by atoms with Crippen molar-refractivity contribution in [3.05, 3.63) is 0 Å². The monoisotopic (exact) mass is 461 g/mol. The first-order valence-corrected chi connectivity index (χ1v) is 13.9. The van der Waals surface area contributed by atoms with Crippen molar-refractivity contribution in [2.24, 2.45) is 11.8 Å². The second-order valence-corrected chi connectivity index (χ2v) is 12.5. The van der Waals surface area contributed by atoms with Crippen molar-refractivity contribution >= 4 is 19.4 Å². The smallest absolute Gasteiger partial charge is 0.408 e. The van der Waals surface area contributed by atoms with Gasteiger partial charge < -0.3 is 19.3 Å². The van der Waals surface area contributed by atoms with Crippen LogP contribution < -0.4 is 5.32 Å². The van der Waals surface area contributed by atoms with Crippen molar-refractivity contribution in [3.8, 4) is 0 Å². The third kappa shape index (κ3) is 11.4. The van der Waals surface area contributed by atoms with Crippen molar-refractivity contribution in [2.75, 3.05) is 20.4 Å². The van der Waals surface area contributed by atoms with Crippen molar-refractivity contribution in [1.29, 1.82) is 0 Å². The summed E-state index contributed by atoms with van der Waals surface area (Å²) in [6, 6.07) is 0. The summed E-state index contributed by atoms with van der Waals surface area (Å²) < 4.78 is 29.6. The van der Waals surface area contributed by atoms with E-state index in [2.05, 4.69) is 12.2 Å². The number of esters is 1. The van der Waals surface area contributed by atoms with E-state index in [1.165, 1.54) is 39.5 Å². The summed E-state index contributed by atoms with van der Waals surface area (Å²) in [4.78, 5) is 24.6. The lowest BCUT2D eigenvalue weighted by Gasteiger charge is -2.28. The van der Waals surface area contributed by atoms with E-state index in [1.807, 2.05) is 0 Å². The van der Waals surface area contributed by atoms with E-state index in [0.29, 0.717) is 18.8 Å². The molecule has 1 amide bonds. The summed E-state index contributed by atoms with van der Waals surface area (Å²) in [7, 11) is -1.87. The quantitative estimate of drug-likeness (QED) is 0.202. The number of nitrogens with one attached hydrogen (secondary N) is 1. The van der Waals surface area contributed by atoms with Crippen molar-refractivity contribution < 1.29 is 28.2 Å². The summed E-state index contributed by atoms with van der Waals surface area (Å²) in [5.41, 5.74) is -0.646. The highest BCUT2D eigenvalue weighted by Gasteiger charge is 2.34. The third-order valence-electron chi connectivity index (χ3n) is 5.80. The van der Waals surface area contributed by atoms with Crippen LogP contribution in [0.25, 0.3) is 0 Å². The molecule has 8 heteroatoms. The molecule has 3 unspecified atom stereocenters. The molecule has 0 aliphatic heterocycles. The summed E-state index contributed by atoms with van der Waals surface area (Å²) in [6.07, 6.45) is 9.27. The second-order valence-electron chi connectivity index (χ2n) is 9.81. The molecule has 0 spiro atoms. The molecular weight excluding hydrogens is 417 g/mol. The summed E-state index contributed by atoms with van der Waals surface area (Å²) >= 11 is 0. The van der Waals surface area contributed by atoms with E-state index in [0.717, 1.165) is 25.7 Å². The zero-order chi connectivity index (χ0) is 23.5. The number of carbonyl (C=O) groups is 2. The lowest BCUT2D eigenvalue weighted by molar-refractivity contribution is -0.146. The first-order valence-electron chi connectivity index (χ1n) is 11.8. The molecule has 0 saturated heterocycles. The van der Waals surface area contributed by atoms with Crippen LogP contribution >= 0.6 is 7.37 Å². The maximum absolute atomic E-state index is 13.4. The van der Waals surface area contributed by atoms with E-state index in [9.17, 15) is 14.2 Å². The van der Waals surface area contributed by atoms with Gasteiger partial charge in [-0.05, 0) is 46.0 Å². The Bertz CT molecular complexity index is 597. The first kappa shape index (κ1) is 28.0. The van der Waals surface area contributed by atoms with Crippen LogP contribution in [-0.4, -0.2) is 43.8 Å². The maximum atomic E-state index is 13.4. The number of amides is 1. The fraction of sp³-hybridized carbons (Fsp3) is 0.913. The van der Waals surface area contributed by atoms with Crippen LogP contribution in [0.3, 0.4) is 0 Å². The highest BCUT2D eigenvalue weighted by Crippen LogP contribution is 2.49. The number of ether oxygens (including phenoxy) is 2.